The van der Waals surface area contributed by atoms with Gasteiger partial charge in [-0.2, -0.15) is 0 Å². The zero-order valence-corrected chi connectivity index (χ0v) is 11.6. The van der Waals surface area contributed by atoms with Crippen LogP contribution in [-0.4, -0.2) is 53.1 Å². The Morgan fingerprint density at radius 2 is 2.00 bits per heavy atom. The summed E-state index contributed by atoms with van der Waals surface area (Å²) in [6.45, 7) is 6.70. The van der Waals surface area contributed by atoms with Gasteiger partial charge in [-0.15, -0.1) is 0 Å². The van der Waals surface area contributed by atoms with Crippen molar-refractivity contribution in [1.82, 2.24) is 4.90 Å². The van der Waals surface area contributed by atoms with E-state index >= 15 is 0 Å². The molecule has 4 nitrogen and oxygen atoms in total. The van der Waals surface area contributed by atoms with Crippen molar-refractivity contribution in [2.45, 2.75) is 38.5 Å². The van der Waals surface area contributed by atoms with Crippen molar-refractivity contribution in [1.29, 1.82) is 0 Å². The van der Waals surface area contributed by atoms with E-state index in [1.54, 1.807) is 12.1 Å². The third-order valence-corrected chi connectivity index (χ3v) is 3.67. The van der Waals surface area contributed by atoms with E-state index < -0.39 is 6.10 Å². The van der Waals surface area contributed by atoms with Crippen LogP contribution in [-0.2, 0) is 11.2 Å². The number of hydrogen-bond donors (Lipinski definition) is 2. The lowest BCUT2D eigenvalue weighted by Crippen LogP contribution is -2.50. The van der Waals surface area contributed by atoms with Crippen LogP contribution in [0.1, 0.15) is 19.4 Å². The van der Waals surface area contributed by atoms with E-state index in [-0.39, 0.29) is 11.9 Å². The van der Waals surface area contributed by atoms with Crippen molar-refractivity contribution in [2.75, 3.05) is 19.7 Å². The van der Waals surface area contributed by atoms with Gasteiger partial charge in [0.2, 0.25) is 0 Å². The Hall–Kier alpha value is -1.10. The Labute approximate surface area is 114 Å². The standard InChI is InChI=1S/C15H23NO3/c1-11(2)16-7-8-19-15(10-16)14(18)9-12-3-5-13(17)6-4-12/h3-6,11,14-15,17-18H,7-10H2,1-2H3. The normalized spacial score (nSPS) is 22.6. The summed E-state index contributed by atoms with van der Waals surface area (Å²) in [6.07, 6.45) is -0.0901. The summed E-state index contributed by atoms with van der Waals surface area (Å²) in [5, 5.41) is 19.5. The van der Waals surface area contributed by atoms with Gasteiger partial charge < -0.3 is 14.9 Å². The summed E-state index contributed by atoms with van der Waals surface area (Å²) in [7, 11) is 0. The maximum absolute atomic E-state index is 10.3. The van der Waals surface area contributed by atoms with Gasteiger partial charge in [-0.1, -0.05) is 12.1 Å². The number of morpholine rings is 1. The molecule has 2 rings (SSSR count). The van der Waals surface area contributed by atoms with Crippen LogP contribution in [0.2, 0.25) is 0 Å². The third kappa shape index (κ3) is 3.93. The van der Waals surface area contributed by atoms with Gasteiger partial charge >= 0.3 is 0 Å². The molecule has 1 aromatic rings. The lowest BCUT2D eigenvalue weighted by Gasteiger charge is -2.37. The maximum atomic E-state index is 10.3. The molecule has 0 aromatic heterocycles. The molecule has 0 radical (unpaired) electrons. The molecule has 0 aliphatic carbocycles. The van der Waals surface area contributed by atoms with E-state index in [9.17, 15) is 10.2 Å². The van der Waals surface area contributed by atoms with Gasteiger partial charge in [-0.25, -0.2) is 0 Å². The highest BCUT2D eigenvalue weighted by Gasteiger charge is 2.27. The van der Waals surface area contributed by atoms with Crippen molar-refractivity contribution in [2.24, 2.45) is 0 Å². The summed E-state index contributed by atoms with van der Waals surface area (Å²) in [6, 6.07) is 7.43. The van der Waals surface area contributed by atoms with Crippen LogP contribution in [0, 0.1) is 0 Å². The third-order valence-electron chi connectivity index (χ3n) is 3.67. The second-order valence-electron chi connectivity index (χ2n) is 5.44. The second kappa shape index (κ2) is 6.37. The number of ether oxygens (including phenoxy) is 1. The number of hydrogen-bond acceptors (Lipinski definition) is 4. The molecular weight excluding hydrogens is 242 g/mol. The van der Waals surface area contributed by atoms with Crippen molar-refractivity contribution < 1.29 is 14.9 Å². The van der Waals surface area contributed by atoms with Crippen LogP contribution >= 0.6 is 0 Å². The van der Waals surface area contributed by atoms with Crippen molar-refractivity contribution in [3.8, 4) is 5.75 Å². The highest BCUT2D eigenvalue weighted by Crippen LogP contribution is 2.16. The number of aliphatic hydroxyl groups excluding tert-OH is 1. The molecule has 1 saturated heterocycles. The minimum atomic E-state index is -0.508. The molecule has 1 fully saturated rings. The number of benzene rings is 1. The van der Waals surface area contributed by atoms with E-state index in [4.69, 9.17) is 4.74 Å². The van der Waals surface area contributed by atoms with Gasteiger partial charge in [-0.05, 0) is 31.5 Å². The van der Waals surface area contributed by atoms with E-state index in [1.807, 2.05) is 12.1 Å². The average Bonchev–Trinajstić information content (AvgIpc) is 2.41. The monoisotopic (exact) mass is 265 g/mol. The Kier molecular flexibility index (Phi) is 4.80. The molecule has 2 unspecified atom stereocenters. The van der Waals surface area contributed by atoms with Gasteiger partial charge in [-0.3, -0.25) is 4.90 Å². The van der Waals surface area contributed by atoms with Gasteiger partial charge in [0, 0.05) is 25.6 Å². The topological polar surface area (TPSA) is 52.9 Å². The highest BCUT2D eigenvalue weighted by atomic mass is 16.5. The molecule has 1 aromatic carbocycles. The van der Waals surface area contributed by atoms with E-state index in [0.717, 1.165) is 18.7 Å². The predicted molar refractivity (Wildman–Crippen MR) is 74.3 cm³/mol. The van der Waals surface area contributed by atoms with Gasteiger partial charge in [0.1, 0.15) is 5.75 Å². The molecule has 0 saturated carbocycles. The Morgan fingerprint density at radius 3 is 2.63 bits per heavy atom. The fourth-order valence-corrected chi connectivity index (χ4v) is 2.40. The number of aromatic hydroxyl groups is 1. The first-order valence-corrected chi connectivity index (χ1v) is 6.88. The van der Waals surface area contributed by atoms with Crippen LogP contribution in [0.15, 0.2) is 24.3 Å². The second-order valence-corrected chi connectivity index (χ2v) is 5.44. The minimum Gasteiger partial charge on any atom is -0.508 e. The first-order chi connectivity index (χ1) is 9.06. The van der Waals surface area contributed by atoms with Crippen molar-refractivity contribution in [3.05, 3.63) is 29.8 Å². The van der Waals surface area contributed by atoms with Crippen LogP contribution < -0.4 is 0 Å². The van der Waals surface area contributed by atoms with Crippen molar-refractivity contribution in [3.63, 3.8) is 0 Å². The Morgan fingerprint density at radius 1 is 1.32 bits per heavy atom. The van der Waals surface area contributed by atoms with Crippen LogP contribution in [0.4, 0.5) is 0 Å². The lowest BCUT2D eigenvalue weighted by molar-refractivity contribution is -0.0940. The first kappa shape index (κ1) is 14.3. The zero-order valence-electron chi connectivity index (χ0n) is 11.6. The number of nitrogens with zero attached hydrogens (tertiary/aromatic N) is 1. The number of phenolic OH excluding ortho intramolecular Hbond substituents is 1. The van der Waals surface area contributed by atoms with Gasteiger partial charge in [0.05, 0.1) is 18.8 Å². The summed E-state index contributed by atoms with van der Waals surface area (Å²) >= 11 is 0. The van der Waals surface area contributed by atoms with E-state index in [1.165, 1.54) is 0 Å². The summed E-state index contributed by atoms with van der Waals surface area (Å²) in [5.41, 5.74) is 1.01. The molecule has 1 aliphatic heterocycles. The van der Waals surface area contributed by atoms with Gasteiger partial charge in [0.25, 0.3) is 0 Å². The quantitative estimate of drug-likeness (QED) is 0.864. The molecule has 4 heteroatoms. The van der Waals surface area contributed by atoms with Crippen molar-refractivity contribution >= 4 is 0 Å². The van der Waals surface area contributed by atoms with E-state index in [0.29, 0.717) is 19.1 Å². The number of aliphatic hydroxyl groups is 1. The molecule has 1 aliphatic rings. The molecule has 0 bridgehead atoms. The van der Waals surface area contributed by atoms with Crippen LogP contribution in [0.5, 0.6) is 5.75 Å². The Balaban J connectivity index is 1.92. The van der Waals surface area contributed by atoms with Crippen LogP contribution in [0.3, 0.4) is 0 Å². The average molecular weight is 265 g/mol. The lowest BCUT2D eigenvalue weighted by atomic mass is 10.0. The molecule has 0 amide bonds. The zero-order chi connectivity index (χ0) is 13.8. The smallest absolute Gasteiger partial charge is 0.115 e. The Bertz CT molecular complexity index is 391. The number of phenols is 1. The summed E-state index contributed by atoms with van der Waals surface area (Å²) in [5.74, 6) is 0.248. The SMILES string of the molecule is CC(C)N1CCOC(C(O)Cc2ccc(O)cc2)C1. The summed E-state index contributed by atoms with van der Waals surface area (Å²) < 4.78 is 5.68. The fourth-order valence-electron chi connectivity index (χ4n) is 2.40. The summed E-state index contributed by atoms with van der Waals surface area (Å²) in [4.78, 5) is 2.33. The van der Waals surface area contributed by atoms with E-state index in [2.05, 4.69) is 18.7 Å². The molecule has 106 valence electrons. The first-order valence-electron chi connectivity index (χ1n) is 6.88. The van der Waals surface area contributed by atoms with Gasteiger partial charge in [0.15, 0.2) is 0 Å². The number of rotatable bonds is 4. The predicted octanol–water partition coefficient (Wildman–Crippen LogP) is 1.40. The molecular formula is C15H23NO3. The molecule has 2 N–H and O–H groups in total. The molecule has 2 atom stereocenters. The maximum Gasteiger partial charge on any atom is 0.115 e. The minimum absolute atomic E-state index is 0.134. The fraction of sp³-hybridized carbons (Fsp3) is 0.600. The molecule has 1 heterocycles. The van der Waals surface area contributed by atoms with Crippen LogP contribution in [0.25, 0.3) is 0 Å². The largest absolute Gasteiger partial charge is 0.508 e. The highest BCUT2D eigenvalue weighted by molar-refractivity contribution is 5.26. The molecule has 0 spiro atoms. The molecule has 19 heavy (non-hydrogen) atoms.